The second kappa shape index (κ2) is 6.58. The number of Topliss-reactive ketones (excluding diaryl/α,β-unsaturated/α-hetero) is 1. The number of hydrogen-bond donors (Lipinski definition) is 0. The van der Waals surface area contributed by atoms with Gasteiger partial charge in [0.25, 0.3) is 0 Å². The zero-order valence-corrected chi connectivity index (χ0v) is 11.9. The first-order valence-corrected chi connectivity index (χ1v) is 6.59. The van der Waals surface area contributed by atoms with E-state index in [9.17, 15) is 10.1 Å². The molecule has 0 radical (unpaired) electrons. The van der Waals surface area contributed by atoms with Crippen molar-refractivity contribution in [3.8, 4) is 11.8 Å². The van der Waals surface area contributed by atoms with E-state index in [4.69, 9.17) is 9.15 Å². The molecule has 1 heterocycles. The Kier molecular flexibility index (Phi) is 4.57. The second-order valence-corrected chi connectivity index (χ2v) is 4.39. The van der Waals surface area contributed by atoms with Gasteiger partial charge in [0.15, 0.2) is 0 Å². The second-order valence-electron chi connectivity index (χ2n) is 4.39. The molecule has 0 N–H and O–H groups in total. The van der Waals surface area contributed by atoms with Crippen LogP contribution < -0.4 is 4.74 Å². The van der Waals surface area contributed by atoms with Crippen molar-refractivity contribution < 1.29 is 13.9 Å². The van der Waals surface area contributed by atoms with Crippen molar-refractivity contribution in [2.75, 3.05) is 6.61 Å². The molecule has 0 saturated heterocycles. The van der Waals surface area contributed by atoms with Gasteiger partial charge in [-0.3, -0.25) is 4.79 Å². The van der Waals surface area contributed by atoms with Crippen LogP contribution >= 0.6 is 0 Å². The molecule has 1 aromatic carbocycles. The minimum atomic E-state index is -0.336. The van der Waals surface area contributed by atoms with Gasteiger partial charge in [0, 0.05) is 0 Å². The number of hydrogen-bond acceptors (Lipinski definition) is 4. The highest BCUT2D eigenvalue weighted by Gasteiger charge is 2.16. The highest BCUT2D eigenvalue weighted by molar-refractivity contribution is 6.14. The van der Waals surface area contributed by atoms with E-state index in [1.807, 2.05) is 13.0 Å². The van der Waals surface area contributed by atoms with E-state index < -0.39 is 0 Å². The standard InChI is InChI=1S/C17H15NO3/c1-3-20-15-6-4-13(5-7-15)10-14(11-18)17(19)16-8-9-21-12(16)2/h4-10H,3H2,1-2H3/b14-10+. The minimum absolute atomic E-state index is 0.0728. The number of carbonyl (C=O) groups is 1. The Balaban J connectivity index is 2.27. The highest BCUT2D eigenvalue weighted by atomic mass is 16.5. The fourth-order valence-corrected chi connectivity index (χ4v) is 1.91. The molecule has 0 bridgehead atoms. The third-order valence-corrected chi connectivity index (χ3v) is 2.97. The molecule has 0 aliphatic heterocycles. The number of ketones is 1. The van der Waals surface area contributed by atoms with Gasteiger partial charge in [-0.05, 0) is 43.7 Å². The van der Waals surface area contributed by atoms with Gasteiger partial charge in [-0.1, -0.05) is 12.1 Å². The van der Waals surface area contributed by atoms with Gasteiger partial charge < -0.3 is 9.15 Å². The van der Waals surface area contributed by atoms with Crippen molar-refractivity contribution >= 4 is 11.9 Å². The fraction of sp³-hybridized carbons (Fsp3) is 0.176. The normalized spacial score (nSPS) is 11.0. The SMILES string of the molecule is CCOc1ccc(/C=C(\C#N)C(=O)c2ccoc2C)cc1. The first-order valence-electron chi connectivity index (χ1n) is 6.59. The molecule has 21 heavy (non-hydrogen) atoms. The summed E-state index contributed by atoms with van der Waals surface area (Å²) in [6.45, 7) is 4.20. The zero-order valence-electron chi connectivity index (χ0n) is 11.9. The molecule has 0 amide bonds. The molecular formula is C17H15NO3. The van der Waals surface area contributed by atoms with Gasteiger partial charge in [-0.15, -0.1) is 0 Å². The van der Waals surface area contributed by atoms with Crippen LogP contribution in [-0.4, -0.2) is 12.4 Å². The van der Waals surface area contributed by atoms with Crippen LogP contribution in [0.2, 0.25) is 0 Å². The predicted octanol–water partition coefficient (Wildman–Crippen LogP) is 3.78. The van der Waals surface area contributed by atoms with Crippen molar-refractivity contribution in [1.29, 1.82) is 5.26 Å². The quantitative estimate of drug-likeness (QED) is 0.475. The van der Waals surface area contributed by atoms with Crippen LogP contribution in [-0.2, 0) is 0 Å². The van der Waals surface area contributed by atoms with Gasteiger partial charge in [-0.25, -0.2) is 0 Å². The van der Waals surface area contributed by atoms with Crippen molar-refractivity contribution in [3.05, 3.63) is 59.1 Å². The summed E-state index contributed by atoms with van der Waals surface area (Å²) in [6.07, 6.45) is 3.00. The van der Waals surface area contributed by atoms with Gasteiger partial charge in [0.1, 0.15) is 23.2 Å². The Morgan fingerprint density at radius 3 is 2.57 bits per heavy atom. The maximum atomic E-state index is 12.3. The monoisotopic (exact) mass is 281 g/mol. The van der Waals surface area contributed by atoms with Crippen LogP contribution in [0.3, 0.4) is 0 Å². The lowest BCUT2D eigenvalue weighted by molar-refractivity contribution is 0.103. The third-order valence-electron chi connectivity index (χ3n) is 2.97. The molecular weight excluding hydrogens is 266 g/mol. The van der Waals surface area contributed by atoms with Crippen molar-refractivity contribution in [3.63, 3.8) is 0 Å². The van der Waals surface area contributed by atoms with Gasteiger partial charge in [0.05, 0.1) is 18.4 Å². The number of carbonyl (C=O) groups excluding carboxylic acids is 1. The van der Waals surface area contributed by atoms with Crippen LogP contribution in [0, 0.1) is 18.3 Å². The van der Waals surface area contributed by atoms with Crippen LogP contribution in [0.25, 0.3) is 6.08 Å². The summed E-state index contributed by atoms with van der Waals surface area (Å²) in [5.74, 6) is 0.927. The number of nitriles is 1. The molecule has 0 saturated carbocycles. The van der Waals surface area contributed by atoms with Crippen LogP contribution in [0.1, 0.15) is 28.6 Å². The lowest BCUT2D eigenvalue weighted by Crippen LogP contribution is -2.02. The highest BCUT2D eigenvalue weighted by Crippen LogP contribution is 2.18. The average molecular weight is 281 g/mol. The number of furan rings is 1. The molecule has 2 aromatic rings. The van der Waals surface area contributed by atoms with E-state index >= 15 is 0 Å². The maximum absolute atomic E-state index is 12.3. The maximum Gasteiger partial charge on any atom is 0.207 e. The summed E-state index contributed by atoms with van der Waals surface area (Å²) in [5, 5.41) is 9.19. The number of rotatable bonds is 5. The molecule has 0 atom stereocenters. The van der Waals surface area contributed by atoms with E-state index in [-0.39, 0.29) is 11.4 Å². The summed E-state index contributed by atoms with van der Waals surface area (Å²) >= 11 is 0. The summed E-state index contributed by atoms with van der Waals surface area (Å²) in [4.78, 5) is 12.3. The van der Waals surface area contributed by atoms with Crippen molar-refractivity contribution in [2.24, 2.45) is 0 Å². The largest absolute Gasteiger partial charge is 0.494 e. The Hall–Kier alpha value is -2.80. The molecule has 106 valence electrons. The molecule has 0 spiro atoms. The first-order chi connectivity index (χ1) is 10.2. The zero-order chi connectivity index (χ0) is 15.2. The van der Waals surface area contributed by atoms with Crippen LogP contribution in [0.5, 0.6) is 5.75 Å². The van der Waals surface area contributed by atoms with Crippen LogP contribution in [0.15, 0.2) is 46.6 Å². The van der Waals surface area contributed by atoms with Crippen molar-refractivity contribution in [1.82, 2.24) is 0 Å². The number of ether oxygens (including phenoxy) is 1. The molecule has 1 aromatic heterocycles. The summed E-state index contributed by atoms with van der Waals surface area (Å²) < 4.78 is 10.4. The lowest BCUT2D eigenvalue weighted by Gasteiger charge is -2.03. The molecule has 0 unspecified atom stereocenters. The Morgan fingerprint density at radius 1 is 1.33 bits per heavy atom. The summed E-state index contributed by atoms with van der Waals surface area (Å²) in [5.41, 5.74) is 1.25. The molecule has 0 fully saturated rings. The third kappa shape index (κ3) is 3.40. The summed E-state index contributed by atoms with van der Waals surface area (Å²) in [7, 11) is 0. The Bertz CT molecular complexity index is 702. The molecule has 2 rings (SSSR count). The molecule has 4 nitrogen and oxygen atoms in total. The van der Waals surface area contributed by atoms with E-state index in [0.717, 1.165) is 11.3 Å². The smallest absolute Gasteiger partial charge is 0.207 e. The van der Waals surface area contributed by atoms with Gasteiger partial charge >= 0.3 is 0 Å². The van der Waals surface area contributed by atoms with E-state index in [2.05, 4.69) is 0 Å². The first kappa shape index (κ1) is 14.6. The number of nitrogens with zero attached hydrogens (tertiary/aromatic N) is 1. The minimum Gasteiger partial charge on any atom is -0.494 e. The number of aryl methyl sites for hydroxylation is 1. The number of allylic oxidation sites excluding steroid dienone is 1. The molecule has 0 aliphatic carbocycles. The van der Waals surface area contributed by atoms with Gasteiger partial charge in [0.2, 0.25) is 5.78 Å². The fourth-order valence-electron chi connectivity index (χ4n) is 1.91. The predicted molar refractivity (Wildman–Crippen MR) is 79.0 cm³/mol. The Morgan fingerprint density at radius 2 is 2.05 bits per heavy atom. The average Bonchev–Trinajstić information content (AvgIpc) is 2.92. The van der Waals surface area contributed by atoms with Crippen LogP contribution in [0.4, 0.5) is 0 Å². The molecule has 4 heteroatoms. The lowest BCUT2D eigenvalue weighted by atomic mass is 10.0. The van der Waals surface area contributed by atoms with E-state index in [1.54, 1.807) is 43.3 Å². The van der Waals surface area contributed by atoms with E-state index in [1.165, 1.54) is 6.26 Å². The Labute approximate surface area is 123 Å². The topological polar surface area (TPSA) is 63.2 Å². The van der Waals surface area contributed by atoms with E-state index in [0.29, 0.717) is 17.9 Å². The molecule has 0 aliphatic rings. The van der Waals surface area contributed by atoms with Gasteiger partial charge in [-0.2, -0.15) is 5.26 Å². The van der Waals surface area contributed by atoms with Crippen molar-refractivity contribution in [2.45, 2.75) is 13.8 Å². The number of benzene rings is 1. The summed E-state index contributed by atoms with van der Waals surface area (Å²) in [6, 6.07) is 10.7.